The van der Waals surface area contributed by atoms with E-state index in [2.05, 4.69) is 36.8 Å². The third-order valence-electron chi connectivity index (χ3n) is 4.81. The molecule has 0 aliphatic rings. The number of nitrogens with zero attached hydrogens (tertiary/aromatic N) is 3. The molecule has 0 aliphatic heterocycles. The van der Waals surface area contributed by atoms with Crippen LogP contribution in [0.2, 0.25) is 5.02 Å². The first-order valence-corrected chi connectivity index (χ1v) is 12.3. The molecule has 0 saturated carbocycles. The van der Waals surface area contributed by atoms with Crippen molar-refractivity contribution in [3.63, 3.8) is 0 Å². The number of rotatable bonds is 8. The van der Waals surface area contributed by atoms with Crippen LogP contribution in [0.15, 0.2) is 46.0 Å². The molecule has 3 aromatic rings. The second-order valence-corrected chi connectivity index (χ2v) is 9.92. The van der Waals surface area contributed by atoms with Gasteiger partial charge in [-0.3, -0.25) is 9.59 Å². The van der Waals surface area contributed by atoms with Crippen LogP contribution in [-0.2, 0) is 11.8 Å². The van der Waals surface area contributed by atoms with E-state index in [0.717, 1.165) is 17.8 Å². The highest BCUT2D eigenvalue weighted by Crippen LogP contribution is 2.28. The van der Waals surface area contributed by atoms with E-state index in [-0.39, 0.29) is 27.7 Å². The highest BCUT2D eigenvalue weighted by molar-refractivity contribution is 9.10. The molecule has 0 spiro atoms. The van der Waals surface area contributed by atoms with Crippen LogP contribution in [0.25, 0.3) is 0 Å². The molecule has 1 heterocycles. The summed E-state index contributed by atoms with van der Waals surface area (Å²) in [6.45, 7) is 3.88. The van der Waals surface area contributed by atoms with Gasteiger partial charge in [0.05, 0.1) is 17.5 Å². The number of nitrogens with one attached hydrogen (secondary N) is 2. The summed E-state index contributed by atoms with van der Waals surface area (Å²) in [5.74, 6) is -1.99. The van der Waals surface area contributed by atoms with E-state index in [9.17, 15) is 18.4 Å². The van der Waals surface area contributed by atoms with E-state index in [0.29, 0.717) is 27.6 Å². The fourth-order valence-corrected chi connectivity index (χ4v) is 4.40. The quantitative estimate of drug-likeness (QED) is 0.355. The second-order valence-electron chi connectivity index (χ2n) is 7.68. The van der Waals surface area contributed by atoms with Crippen molar-refractivity contribution in [3.8, 4) is 0 Å². The van der Waals surface area contributed by atoms with Gasteiger partial charge in [0.15, 0.2) is 16.8 Å². The summed E-state index contributed by atoms with van der Waals surface area (Å²) in [6, 6.07) is 7.85. The Hall–Kier alpha value is -2.50. The largest absolute Gasteiger partial charge is 0.342 e. The highest BCUT2D eigenvalue weighted by Gasteiger charge is 2.25. The Morgan fingerprint density at radius 1 is 1.18 bits per heavy atom. The average Bonchev–Trinajstić information content (AvgIpc) is 3.13. The minimum absolute atomic E-state index is 0.000833. The number of hydrogen-bond acceptors (Lipinski definition) is 5. The third-order valence-corrected chi connectivity index (χ3v) is 6.71. The summed E-state index contributed by atoms with van der Waals surface area (Å²) < 4.78 is 29.0. The molecule has 0 aliphatic carbocycles. The molecule has 0 bridgehead atoms. The lowest BCUT2D eigenvalue weighted by molar-refractivity contribution is -0.113. The molecule has 34 heavy (non-hydrogen) atoms. The van der Waals surface area contributed by atoms with Crippen molar-refractivity contribution in [3.05, 3.63) is 68.9 Å². The maximum Gasteiger partial charge on any atom is 0.251 e. The van der Waals surface area contributed by atoms with E-state index in [1.165, 1.54) is 0 Å². The topological polar surface area (TPSA) is 88.9 Å². The molecule has 180 valence electrons. The van der Waals surface area contributed by atoms with Crippen molar-refractivity contribution in [2.45, 2.75) is 25.0 Å². The summed E-state index contributed by atoms with van der Waals surface area (Å²) in [5.41, 5.74) is 0.318. The molecule has 7 nitrogen and oxygen atoms in total. The smallest absolute Gasteiger partial charge is 0.251 e. The molecule has 2 amide bonds. The summed E-state index contributed by atoms with van der Waals surface area (Å²) in [7, 11) is 1.73. The van der Waals surface area contributed by atoms with Crippen LogP contribution >= 0.6 is 39.3 Å². The molecule has 0 radical (unpaired) electrons. The van der Waals surface area contributed by atoms with Crippen LogP contribution in [0.4, 0.5) is 14.5 Å². The lowest BCUT2D eigenvalue weighted by Gasteiger charge is -2.21. The fraction of sp³-hybridized carbons (Fsp3) is 0.273. The number of halogens is 4. The Labute approximate surface area is 212 Å². The highest BCUT2D eigenvalue weighted by atomic mass is 79.9. The van der Waals surface area contributed by atoms with Gasteiger partial charge in [0.1, 0.15) is 5.82 Å². The first-order valence-electron chi connectivity index (χ1n) is 10.1. The number of carbonyl (C=O) groups excluding carboxylic acids is 2. The van der Waals surface area contributed by atoms with Gasteiger partial charge in [-0.25, -0.2) is 8.78 Å². The lowest BCUT2D eigenvalue weighted by atomic mass is 10.0. The Morgan fingerprint density at radius 3 is 2.47 bits per heavy atom. The summed E-state index contributed by atoms with van der Waals surface area (Å²) in [5, 5.41) is 14.7. The first-order chi connectivity index (χ1) is 16.1. The molecule has 12 heteroatoms. The fourth-order valence-electron chi connectivity index (χ4n) is 3.05. The Morgan fingerprint density at radius 2 is 1.85 bits per heavy atom. The third kappa shape index (κ3) is 6.34. The number of hydrogen-bond donors (Lipinski definition) is 2. The molecule has 3 rings (SSSR count). The van der Waals surface area contributed by atoms with Crippen LogP contribution in [-0.4, -0.2) is 32.3 Å². The number of benzene rings is 2. The van der Waals surface area contributed by atoms with E-state index >= 15 is 0 Å². The predicted molar refractivity (Wildman–Crippen MR) is 131 cm³/mol. The van der Waals surface area contributed by atoms with Gasteiger partial charge in [-0.1, -0.05) is 37.2 Å². The zero-order valence-electron chi connectivity index (χ0n) is 18.4. The zero-order chi connectivity index (χ0) is 25.0. The standard InChI is InChI=1S/C22H21BrClF2N5O2S/c1-11(2)18(28-21(33)12-4-6-13(24)7-5-12)20-29-30-22(31(20)3)34-10-17(32)27-19-15(23)8-14(25)9-16(19)26/h4-9,11,18H,10H2,1-3H3,(H,27,32)(H,28,33)/t18-/m1/s1. The minimum atomic E-state index is -0.887. The summed E-state index contributed by atoms with van der Waals surface area (Å²) in [4.78, 5) is 25.0. The molecule has 2 aromatic carbocycles. The zero-order valence-corrected chi connectivity index (χ0v) is 21.6. The monoisotopic (exact) mass is 571 g/mol. The number of anilines is 1. The minimum Gasteiger partial charge on any atom is -0.342 e. The maximum absolute atomic E-state index is 14.0. The molecule has 1 atom stereocenters. The van der Waals surface area contributed by atoms with Crippen molar-refractivity contribution in [2.24, 2.45) is 13.0 Å². The van der Waals surface area contributed by atoms with Crippen molar-refractivity contribution in [1.82, 2.24) is 20.1 Å². The van der Waals surface area contributed by atoms with Crippen LogP contribution < -0.4 is 10.6 Å². The van der Waals surface area contributed by atoms with Gasteiger partial charge in [-0.05, 0) is 52.2 Å². The van der Waals surface area contributed by atoms with Crippen molar-refractivity contribution in [1.29, 1.82) is 0 Å². The van der Waals surface area contributed by atoms with Crippen molar-refractivity contribution >= 4 is 56.8 Å². The SMILES string of the molecule is CC(C)[C@@H](NC(=O)c1ccc(Cl)cc1)c1nnc(SCC(=O)Nc2c(F)cc(F)cc2Br)n1C. The predicted octanol–water partition coefficient (Wildman–Crippen LogP) is 5.37. The van der Waals surface area contributed by atoms with Crippen LogP contribution in [0.3, 0.4) is 0 Å². The number of carbonyl (C=O) groups is 2. The van der Waals surface area contributed by atoms with Gasteiger partial charge in [-0.2, -0.15) is 0 Å². The number of amides is 2. The van der Waals surface area contributed by atoms with Crippen LogP contribution in [0, 0.1) is 17.6 Å². The summed E-state index contributed by atoms with van der Waals surface area (Å²) >= 11 is 10.0. The second kappa shape index (κ2) is 11.3. The van der Waals surface area contributed by atoms with Crippen LogP contribution in [0.5, 0.6) is 0 Å². The Bertz CT molecular complexity index is 1180. The molecule has 0 saturated heterocycles. The average molecular weight is 573 g/mol. The van der Waals surface area contributed by atoms with Gasteiger partial charge in [0, 0.05) is 28.2 Å². The van der Waals surface area contributed by atoms with E-state index < -0.39 is 23.6 Å². The van der Waals surface area contributed by atoms with Gasteiger partial charge in [0.2, 0.25) is 5.91 Å². The van der Waals surface area contributed by atoms with Gasteiger partial charge < -0.3 is 15.2 Å². The first kappa shape index (κ1) is 26.1. The maximum atomic E-state index is 14.0. The Kier molecular flexibility index (Phi) is 8.67. The van der Waals surface area contributed by atoms with E-state index in [1.807, 2.05) is 13.8 Å². The van der Waals surface area contributed by atoms with Gasteiger partial charge in [0.25, 0.3) is 5.91 Å². The molecule has 2 N–H and O–H groups in total. The van der Waals surface area contributed by atoms with Crippen LogP contribution in [0.1, 0.15) is 36.1 Å². The molecule has 0 unspecified atom stereocenters. The molecular formula is C22H21BrClF2N5O2S. The molecule has 0 fully saturated rings. The lowest BCUT2D eigenvalue weighted by Crippen LogP contribution is -2.33. The van der Waals surface area contributed by atoms with Gasteiger partial charge in [-0.15, -0.1) is 10.2 Å². The van der Waals surface area contributed by atoms with E-state index in [1.54, 1.807) is 35.9 Å². The van der Waals surface area contributed by atoms with Gasteiger partial charge >= 0.3 is 0 Å². The van der Waals surface area contributed by atoms with E-state index in [4.69, 9.17) is 11.6 Å². The van der Waals surface area contributed by atoms with Crippen molar-refractivity contribution < 1.29 is 18.4 Å². The molecule has 1 aromatic heterocycles. The Balaban J connectivity index is 1.68. The summed E-state index contributed by atoms with van der Waals surface area (Å²) in [6.07, 6.45) is 0. The normalized spacial score (nSPS) is 12.0. The number of thioether (sulfide) groups is 1. The number of aromatic nitrogens is 3. The molecular weight excluding hydrogens is 552 g/mol. The van der Waals surface area contributed by atoms with Crippen molar-refractivity contribution in [2.75, 3.05) is 11.1 Å².